The zero-order valence-corrected chi connectivity index (χ0v) is 10.6. The first kappa shape index (κ1) is 13.8. The number of hydrogen-bond acceptors (Lipinski definition) is 3. The van der Waals surface area contributed by atoms with Crippen molar-refractivity contribution in [2.75, 3.05) is 33.2 Å². The Morgan fingerprint density at radius 3 is 2.65 bits per heavy atom. The lowest BCUT2D eigenvalue weighted by Gasteiger charge is -2.37. The lowest BCUT2D eigenvalue weighted by atomic mass is 10.2. The molecule has 6 nitrogen and oxygen atoms in total. The quantitative estimate of drug-likeness (QED) is 0.735. The summed E-state index contributed by atoms with van der Waals surface area (Å²) in [6.45, 7) is 6.05. The van der Waals surface area contributed by atoms with Crippen molar-refractivity contribution in [3.05, 3.63) is 0 Å². The zero-order chi connectivity index (χ0) is 13.0. The van der Waals surface area contributed by atoms with Gasteiger partial charge in [0.05, 0.1) is 5.92 Å². The van der Waals surface area contributed by atoms with E-state index in [2.05, 4.69) is 17.1 Å². The van der Waals surface area contributed by atoms with E-state index >= 15 is 0 Å². The van der Waals surface area contributed by atoms with Crippen LogP contribution in [0.2, 0.25) is 0 Å². The lowest BCUT2D eigenvalue weighted by molar-refractivity contribution is -0.140. The number of carboxylic acid groups (broad SMARTS) is 1. The van der Waals surface area contributed by atoms with E-state index in [0.717, 1.165) is 6.54 Å². The van der Waals surface area contributed by atoms with Crippen LogP contribution in [-0.4, -0.2) is 66.2 Å². The van der Waals surface area contributed by atoms with Crippen molar-refractivity contribution in [1.29, 1.82) is 0 Å². The molecule has 0 aliphatic carbocycles. The molecule has 1 saturated heterocycles. The summed E-state index contributed by atoms with van der Waals surface area (Å²) in [5, 5.41) is 11.4. The molecule has 0 spiro atoms. The van der Waals surface area contributed by atoms with Gasteiger partial charge in [0.1, 0.15) is 0 Å². The van der Waals surface area contributed by atoms with Gasteiger partial charge in [0.2, 0.25) is 0 Å². The second-order valence-corrected chi connectivity index (χ2v) is 4.70. The number of piperazine rings is 1. The molecular formula is C11H21N3O3. The van der Waals surface area contributed by atoms with E-state index in [4.69, 9.17) is 5.11 Å². The first-order valence-corrected chi connectivity index (χ1v) is 5.87. The second-order valence-electron chi connectivity index (χ2n) is 4.70. The fourth-order valence-electron chi connectivity index (χ4n) is 1.67. The van der Waals surface area contributed by atoms with Gasteiger partial charge in [0, 0.05) is 32.2 Å². The summed E-state index contributed by atoms with van der Waals surface area (Å²) in [5.41, 5.74) is 0. The molecule has 0 aromatic rings. The average molecular weight is 243 g/mol. The third-order valence-corrected chi connectivity index (χ3v) is 3.23. The highest BCUT2D eigenvalue weighted by Crippen LogP contribution is 2.06. The van der Waals surface area contributed by atoms with E-state index in [1.54, 1.807) is 11.8 Å². The Morgan fingerprint density at radius 2 is 2.12 bits per heavy atom. The Balaban J connectivity index is 2.36. The number of carboxylic acids is 1. The van der Waals surface area contributed by atoms with Crippen LogP contribution in [-0.2, 0) is 4.79 Å². The van der Waals surface area contributed by atoms with Gasteiger partial charge in [-0.25, -0.2) is 4.79 Å². The molecule has 1 aliphatic heterocycles. The highest BCUT2D eigenvalue weighted by atomic mass is 16.4. The maximum atomic E-state index is 11.8. The molecule has 2 unspecified atom stereocenters. The largest absolute Gasteiger partial charge is 0.481 e. The van der Waals surface area contributed by atoms with Gasteiger partial charge in [0.25, 0.3) is 0 Å². The Hall–Kier alpha value is -1.30. The van der Waals surface area contributed by atoms with E-state index in [1.807, 2.05) is 7.05 Å². The monoisotopic (exact) mass is 243 g/mol. The summed E-state index contributed by atoms with van der Waals surface area (Å²) in [7, 11) is 2.03. The van der Waals surface area contributed by atoms with Crippen LogP contribution in [0.1, 0.15) is 13.8 Å². The van der Waals surface area contributed by atoms with Gasteiger partial charge in [-0.1, -0.05) is 6.92 Å². The van der Waals surface area contributed by atoms with E-state index < -0.39 is 11.9 Å². The van der Waals surface area contributed by atoms with Crippen LogP contribution in [0.5, 0.6) is 0 Å². The molecule has 1 rings (SSSR count). The molecule has 1 heterocycles. The second kappa shape index (κ2) is 5.86. The summed E-state index contributed by atoms with van der Waals surface area (Å²) in [5.74, 6) is -1.44. The lowest BCUT2D eigenvalue weighted by Crippen LogP contribution is -2.55. The number of urea groups is 1. The molecule has 2 N–H and O–H groups in total. The van der Waals surface area contributed by atoms with Crippen molar-refractivity contribution < 1.29 is 14.7 Å². The molecule has 1 aliphatic rings. The number of aliphatic carboxylic acids is 1. The molecule has 0 bridgehead atoms. The molecule has 0 aromatic carbocycles. The standard InChI is InChI=1S/C11H21N3O3/c1-8(10(15)16)6-12-11(17)14-5-4-13(3)9(2)7-14/h8-9H,4-7H2,1-3H3,(H,12,17)(H,15,16). The number of nitrogens with one attached hydrogen (secondary N) is 1. The molecule has 0 saturated carbocycles. The third kappa shape index (κ3) is 3.89. The predicted octanol–water partition coefficient (Wildman–Crippen LogP) is 0.0526. The van der Waals surface area contributed by atoms with Crippen molar-refractivity contribution in [2.45, 2.75) is 19.9 Å². The number of likely N-dealkylation sites (N-methyl/N-ethyl adjacent to an activating group) is 1. The van der Waals surface area contributed by atoms with E-state index in [0.29, 0.717) is 19.1 Å². The Morgan fingerprint density at radius 1 is 1.47 bits per heavy atom. The van der Waals surface area contributed by atoms with Crippen LogP contribution < -0.4 is 5.32 Å². The minimum atomic E-state index is -0.892. The number of nitrogens with zero attached hydrogens (tertiary/aromatic N) is 2. The predicted molar refractivity (Wildman–Crippen MR) is 63.9 cm³/mol. The molecule has 0 aromatic heterocycles. The molecule has 17 heavy (non-hydrogen) atoms. The van der Waals surface area contributed by atoms with E-state index in [9.17, 15) is 9.59 Å². The maximum absolute atomic E-state index is 11.8. The van der Waals surface area contributed by atoms with E-state index in [-0.39, 0.29) is 12.6 Å². The van der Waals surface area contributed by atoms with Crippen LogP contribution in [0, 0.1) is 5.92 Å². The summed E-state index contributed by atoms with van der Waals surface area (Å²) < 4.78 is 0. The van der Waals surface area contributed by atoms with Crippen LogP contribution >= 0.6 is 0 Å². The first-order valence-electron chi connectivity index (χ1n) is 5.87. The SMILES string of the molecule is CC(CNC(=O)N1CCN(C)C(C)C1)C(=O)O. The zero-order valence-electron chi connectivity index (χ0n) is 10.6. The number of hydrogen-bond donors (Lipinski definition) is 2. The Kier molecular flexibility index (Phi) is 4.74. The minimum absolute atomic E-state index is 0.168. The van der Waals surface area contributed by atoms with Gasteiger partial charge in [0.15, 0.2) is 0 Å². The number of carbonyl (C=O) groups is 2. The molecule has 2 atom stereocenters. The van der Waals surface area contributed by atoms with Crippen LogP contribution in [0.4, 0.5) is 4.79 Å². The molecular weight excluding hydrogens is 222 g/mol. The van der Waals surface area contributed by atoms with Gasteiger partial charge >= 0.3 is 12.0 Å². The molecule has 98 valence electrons. The van der Waals surface area contributed by atoms with E-state index in [1.165, 1.54) is 0 Å². The average Bonchev–Trinajstić information content (AvgIpc) is 2.28. The normalized spacial score (nSPS) is 23.2. The van der Waals surface area contributed by atoms with Crippen LogP contribution in [0.25, 0.3) is 0 Å². The number of rotatable bonds is 3. The minimum Gasteiger partial charge on any atom is -0.481 e. The van der Waals surface area contributed by atoms with Crippen LogP contribution in [0.3, 0.4) is 0 Å². The maximum Gasteiger partial charge on any atom is 0.317 e. The van der Waals surface area contributed by atoms with Gasteiger partial charge in [-0.3, -0.25) is 4.79 Å². The summed E-state index contributed by atoms with van der Waals surface area (Å²) in [6.07, 6.45) is 0. The third-order valence-electron chi connectivity index (χ3n) is 3.23. The number of amides is 2. The molecule has 2 amide bonds. The Bertz CT molecular complexity index is 296. The molecule has 6 heteroatoms. The highest BCUT2D eigenvalue weighted by Gasteiger charge is 2.24. The molecule has 1 fully saturated rings. The smallest absolute Gasteiger partial charge is 0.317 e. The topological polar surface area (TPSA) is 72.9 Å². The first-order chi connectivity index (χ1) is 7.91. The van der Waals surface area contributed by atoms with Crippen molar-refractivity contribution in [3.8, 4) is 0 Å². The molecule has 0 radical (unpaired) electrons. The highest BCUT2D eigenvalue weighted by molar-refractivity contribution is 5.76. The summed E-state index contributed by atoms with van der Waals surface area (Å²) in [6, 6.07) is 0.171. The van der Waals surface area contributed by atoms with Gasteiger partial charge < -0.3 is 20.2 Å². The van der Waals surface area contributed by atoms with Crippen molar-refractivity contribution in [2.24, 2.45) is 5.92 Å². The van der Waals surface area contributed by atoms with Crippen molar-refractivity contribution in [3.63, 3.8) is 0 Å². The van der Waals surface area contributed by atoms with Gasteiger partial charge in [-0.15, -0.1) is 0 Å². The number of carbonyl (C=O) groups excluding carboxylic acids is 1. The summed E-state index contributed by atoms with van der Waals surface area (Å²) in [4.78, 5) is 26.3. The summed E-state index contributed by atoms with van der Waals surface area (Å²) >= 11 is 0. The van der Waals surface area contributed by atoms with Crippen molar-refractivity contribution >= 4 is 12.0 Å². The fraction of sp³-hybridized carbons (Fsp3) is 0.818. The van der Waals surface area contributed by atoms with Gasteiger partial charge in [-0.2, -0.15) is 0 Å². The van der Waals surface area contributed by atoms with Crippen LogP contribution in [0.15, 0.2) is 0 Å². The Labute approximate surface area is 102 Å². The van der Waals surface area contributed by atoms with Crippen molar-refractivity contribution in [1.82, 2.24) is 15.1 Å². The fourth-order valence-corrected chi connectivity index (χ4v) is 1.67. The van der Waals surface area contributed by atoms with Gasteiger partial charge in [-0.05, 0) is 14.0 Å².